The number of carboxylic acid groups (broad SMARTS) is 1. The van der Waals surface area contributed by atoms with Crippen molar-refractivity contribution >= 4 is 11.9 Å². The molecular weight excluding hydrogens is 254 g/mol. The Labute approximate surface area is 119 Å². The smallest absolute Gasteiger partial charge is 0.308 e. The number of aryl methyl sites for hydroxylation is 2. The van der Waals surface area contributed by atoms with Gasteiger partial charge >= 0.3 is 5.97 Å². The second kappa shape index (κ2) is 6.07. The van der Waals surface area contributed by atoms with Crippen molar-refractivity contribution < 1.29 is 14.7 Å². The molecule has 1 aliphatic heterocycles. The largest absolute Gasteiger partial charge is 0.481 e. The summed E-state index contributed by atoms with van der Waals surface area (Å²) in [6.45, 7) is 4.85. The molecule has 4 heteroatoms. The third-order valence-corrected chi connectivity index (χ3v) is 4.15. The lowest BCUT2D eigenvalue weighted by Crippen LogP contribution is -2.30. The molecule has 1 heterocycles. The molecule has 0 bridgehead atoms. The van der Waals surface area contributed by atoms with E-state index in [4.69, 9.17) is 5.11 Å². The van der Waals surface area contributed by atoms with Crippen molar-refractivity contribution in [2.24, 2.45) is 11.8 Å². The average molecular weight is 275 g/mol. The van der Waals surface area contributed by atoms with Gasteiger partial charge in [-0.1, -0.05) is 31.2 Å². The number of benzene rings is 1. The molecule has 1 saturated heterocycles. The van der Waals surface area contributed by atoms with E-state index >= 15 is 0 Å². The summed E-state index contributed by atoms with van der Waals surface area (Å²) in [5.41, 5.74) is 2.38. The molecule has 1 aromatic carbocycles. The summed E-state index contributed by atoms with van der Waals surface area (Å²) in [5.74, 6) is -1.12. The van der Waals surface area contributed by atoms with Gasteiger partial charge in [0.2, 0.25) is 5.91 Å². The van der Waals surface area contributed by atoms with Gasteiger partial charge in [-0.25, -0.2) is 0 Å². The molecule has 0 spiro atoms. The van der Waals surface area contributed by atoms with Crippen molar-refractivity contribution in [3.63, 3.8) is 0 Å². The van der Waals surface area contributed by atoms with Crippen molar-refractivity contribution in [1.82, 2.24) is 4.90 Å². The number of carbonyl (C=O) groups is 2. The molecule has 0 radical (unpaired) electrons. The summed E-state index contributed by atoms with van der Waals surface area (Å²) in [6, 6.07) is 8.04. The Hall–Kier alpha value is -1.84. The zero-order valence-corrected chi connectivity index (χ0v) is 12.0. The van der Waals surface area contributed by atoms with E-state index in [1.54, 1.807) is 4.90 Å². The molecule has 1 fully saturated rings. The Morgan fingerprint density at radius 3 is 2.60 bits per heavy atom. The number of carboxylic acids is 1. The first-order chi connectivity index (χ1) is 9.49. The lowest BCUT2D eigenvalue weighted by Gasteiger charge is -2.16. The van der Waals surface area contributed by atoms with E-state index in [1.807, 2.05) is 38.1 Å². The minimum Gasteiger partial charge on any atom is -0.481 e. The first-order valence-corrected chi connectivity index (χ1v) is 7.04. The van der Waals surface area contributed by atoms with Gasteiger partial charge in [-0.3, -0.25) is 9.59 Å². The quantitative estimate of drug-likeness (QED) is 0.915. The van der Waals surface area contributed by atoms with Crippen LogP contribution >= 0.6 is 0 Å². The molecule has 4 nitrogen and oxygen atoms in total. The van der Waals surface area contributed by atoms with Crippen molar-refractivity contribution in [1.29, 1.82) is 0 Å². The summed E-state index contributed by atoms with van der Waals surface area (Å²) >= 11 is 0. The van der Waals surface area contributed by atoms with Crippen LogP contribution in [0, 0.1) is 18.8 Å². The lowest BCUT2D eigenvalue weighted by atomic mass is 9.99. The Morgan fingerprint density at radius 1 is 1.30 bits per heavy atom. The molecule has 1 amide bonds. The Morgan fingerprint density at radius 2 is 2.00 bits per heavy atom. The molecule has 2 atom stereocenters. The second-order valence-corrected chi connectivity index (χ2v) is 5.65. The number of hydrogen-bond acceptors (Lipinski definition) is 2. The zero-order chi connectivity index (χ0) is 14.7. The van der Waals surface area contributed by atoms with Crippen LogP contribution in [0.1, 0.15) is 24.5 Å². The molecular formula is C16H21NO3. The Balaban J connectivity index is 1.90. The maximum atomic E-state index is 12.2. The fourth-order valence-electron chi connectivity index (χ4n) is 2.78. The predicted octanol–water partition coefficient (Wildman–Crippen LogP) is 2.11. The summed E-state index contributed by atoms with van der Waals surface area (Å²) in [7, 11) is 0. The molecule has 108 valence electrons. The number of likely N-dealkylation sites (tertiary alicyclic amines) is 1. The fourth-order valence-corrected chi connectivity index (χ4v) is 2.78. The predicted molar refractivity (Wildman–Crippen MR) is 76.4 cm³/mol. The maximum absolute atomic E-state index is 12.2. The monoisotopic (exact) mass is 275 g/mol. The molecule has 1 aromatic rings. The highest BCUT2D eigenvalue weighted by Crippen LogP contribution is 2.24. The van der Waals surface area contributed by atoms with E-state index in [0.717, 1.165) is 0 Å². The lowest BCUT2D eigenvalue weighted by molar-refractivity contribution is -0.142. The molecule has 0 aliphatic carbocycles. The van der Waals surface area contributed by atoms with Crippen LogP contribution in [0.25, 0.3) is 0 Å². The van der Waals surface area contributed by atoms with Gasteiger partial charge < -0.3 is 10.0 Å². The van der Waals surface area contributed by atoms with Gasteiger partial charge in [0.1, 0.15) is 0 Å². The number of rotatable bonds is 4. The number of aliphatic carboxylic acids is 1. The van der Waals surface area contributed by atoms with Crippen molar-refractivity contribution in [3.8, 4) is 0 Å². The van der Waals surface area contributed by atoms with Gasteiger partial charge in [0.25, 0.3) is 0 Å². The molecule has 1 N–H and O–H groups in total. The normalized spacial score (nSPS) is 22.0. The van der Waals surface area contributed by atoms with Crippen LogP contribution in [-0.2, 0) is 16.0 Å². The van der Waals surface area contributed by atoms with Crippen LogP contribution in [-0.4, -0.2) is 35.0 Å². The topological polar surface area (TPSA) is 57.6 Å². The maximum Gasteiger partial charge on any atom is 0.308 e. The minimum atomic E-state index is -0.799. The molecule has 2 rings (SSSR count). The molecule has 20 heavy (non-hydrogen) atoms. The van der Waals surface area contributed by atoms with Gasteiger partial charge in [-0.2, -0.15) is 0 Å². The first kappa shape index (κ1) is 14.6. The van der Waals surface area contributed by atoms with E-state index in [2.05, 4.69) is 0 Å². The summed E-state index contributed by atoms with van der Waals surface area (Å²) < 4.78 is 0. The van der Waals surface area contributed by atoms with Crippen LogP contribution in [0.2, 0.25) is 0 Å². The Kier molecular flexibility index (Phi) is 4.42. The van der Waals surface area contributed by atoms with Gasteiger partial charge in [0, 0.05) is 19.5 Å². The number of nitrogens with zero attached hydrogens (tertiary/aromatic N) is 1. The minimum absolute atomic E-state index is 0.0370. The van der Waals surface area contributed by atoms with Crippen LogP contribution in [0.4, 0.5) is 0 Å². The van der Waals surface area contributed by atoms with Crippen LogP contribution in [0.15, 0.2) is 24.3 Å². The van der Waals surface area contributed by atoms with Crippen LogP contribution in [0.5, 0.6) is 0 Å². The third-order valence-electron chi connectivity index (χ3n) is 4.15. The number of hydrogen-bond donors (Lipinski definition) is 1. The third kappa shape index (κ3) is 3.18. The van der Waals surface area contributed by atoms with Gasteiger partial charge in [0.05, 0.1) is 5.92 Å². The van der Waals surface area contributed by atoms with E-state index in [9.17, 15) is 9.59 Å². The molecule has 0 aromatic heterocycles. The van der Waals surface area contributed by atoms with Crippen LogP contribution < -0.4 is 0 Å². The van der Waals surface area contributed by atoms with Gasteiger partial charge in [-0.05, 0) is 30.4 Å². The highest BCUT2D eigenvalue weighted by atomic mass is 16.4. The number of carbonyl (C=O) groups excluding carboxylic acids is 1. The average Bonchev–Trinajstić information content (AvgIpc) is 2.80. The van der Waals surface area contributed by atoms with Crippen molar-refractivity contribution in [2.45, 2.75) is 26.7 Å². The summed E-state index contributed by atoms with van der Waals surface area (Å²) in [6.07, 6.45) is 1.16. The van der Waals surface area contributed by atoms with Crippen molar-refractivity contribution in [3.05, 3.63) is 35.4 Å². The Bertz CT molecular complexity index is 512. The highest BCUT2D eigenvalue weighted by Gasteiger charge is 2.36. The van der Waals surface area contributed by atoms with E-state index in [0.29, 0.717) is 25.9 Å². The van der Waals surface area contributed by atoms with Gasteiger partial charge in [0.15, 0.2) is 0 Å². The molecule has 2 unspecified atom stereocenters. The van der Waals surface area contributed by atoms with E-state index < -0.39 is 11.9 Å². The van der Waals surface area contributed by atoms with Crippen LogP contribution in [0.3, 0.4) is 0 Å². The standard InChI is InChI=1S/C16H21NO3/c1-11-5-3-4-6-13(11)7-8-15(18)17-9-12(2)14(10-17)16(19)20/h3-6,12,14H,7-10H2,1-2H3,(H,19,20). The fraction of sp³-hybridized carbons (Fsp3) is 0.500. The zero-order valence-electron chi connectivity index (χ0n) is 12.0. The first-order valence-electron chi connectivity index (χ1n) is 7.04. The van der Waals surface area contributed by atoms with E-state index in [1.165, 1.54) is 11.1 Å². The van der Waals surface area contributed by atoms with E-state index in [-0.39, 0.29) is 11.8 Å². The second-order valence-electron chi connectivity index (χ2n) is 5.65. The molecule has 1 aliphatic rings. The summed E-state index contributed by atoms with van der Waals surface area (Å²) in [4.78, 5) is 24.9. The number of amides is 1. The highest BCUT2D eigenvalue weighted by molar-refractivity contribution is 5.79. The van der Waals surface area contributed by atoms with Gasteiger partial charge in [-0.15, -0.1) is 0 Å². The SMILES string of the molecule is Cc1ccccc1CCC(=O)N1CC(C)C(C(=O)O)C1. The molecule has 0 saturated carbocycles. The summed E-state index contributed by atoms with van der Waals surface area (Å²) in [5, 5.41) is 9.09. The van der Waals surface area contributed by atoms with Crippen molar-refractivity contribution in [2.75, 3.05) is 13.1 Å².